The summed E-state index contributed by atoms with van der Waals surface area (Å²) in [6.07, 6.45) is -0.517. The summed E-state index contributed by atoms with van der Waals surface area (Å²) in [5.74, 6) is 5.25. The van der Waals surface area contributed by atoms with E-state index in [1.807, 2.05) is 24.3 Å². The van der Waals surface area contributed by atoms with Crippen LogP contribution < -0.4 is 11.1 Å². The minimum absolute atomic E-state index is 0.0192. The van der Waals surface area contributed by atoms with Gasteiger partial charge in [0, 0.05) is 17.0 Å². The number of alkyl carbamates (subject to hydrolysis) is 1. The second-order valence-electron chi connectivity index (χ2n) is 6.93. The van der Waals surface area contributed by atoms with E-state index >= 15 is 0 Å². The Bertz CT molecular complexity index is 1130. The zero-order chi connectivity index (χ0) is 20.9. The van der Waals surface area contributed by atoms with E-state index in [9.17, 15) is 9.59 Å². The maximum Gasteiger partial charge on any atom is 0.407 e. The molecule has 0 atom stereocenters. The zero-order valence-corrected chi connectivity index (χ0v) is 16.2. The topological polar surface area (TPSA) is 81.4 Å². The van der Waals surface area contributed by atoms with Gasteiger partial charge in [-0.25, -0.2) is 4.79 Å². The van der Waals surface area contributed by atoms with Crippen molar-refractivity contribution in [2.24, 2.45) is 5.73 Å². The molecular formula is C25H20N2O3. The van der Waals surface area contributed by atoms with Crippen LogP contribution in [0.3, 0.4) is 0 Å². The van der Waals surface area contributed by atoms with Gasteiger partial charge in [-0.2, -0.15) is 0 Å². The van der Waals surface area contributed by atoms with Crippen molar-refractivity contribution in [2.45, 2.75) is 5.92 Å². The number of benzene rings is 3. The number of nitrogens with one attached hydrogen (secondary N) is 1. The van der Waals surface area contributed by atoms with Crippen LogP contribution in [0.4, 0.5) is 4.79 Å². The summed E-state index contributed by atoms with van der Waals surface area (Å²) in [6, 6.07) is 23.1. The Morgan fingerprint density at radius 2 is 1.60 bits per heavy atom. The van der Waals surface area contributed by atoms with Crippen molar-refractivity contribution in [2.75, 3.05) is 13.2 Å². The number of rotatable bonds is 4. The average Bonchev–Trinajstić information content (AvgIpc) is 3.09. The van der Waals surface area contributed by atoms with Gasteiger partial charge in [0.25, 0.3) is 0 Å². The predicted octanol–water partition coefficient (Wildman–Crippen LogP) is 3.68. The lowest BCUT2D eigenvalue weighted by molar-refractivity contribution is 0.1000. The number of primary amides is 1. The van der Waals surface area contributed by atoms with Gasteiger partial charge < -0.3 is 15.8 Å². The van der Waals surface area contributed by atoms with E-state index in [0.29, 0.717) is 11.1 Å². The van der Waals surface area contributed by atoms with Crippen LogP contribution in [0.25, 0.3) is 11.1 Å². The molecule has 4 rings (SSSR count). The van der Waals surface area contributed by atoms with Gasteiger partial charge >= 0.3 is 6.09 Å². The third-order valence-electron chi connectivity index (χ3n) is 5.04. The molecule has 0 bridgehead atoms. The average molecular weight is 396 g/mol. The van der Waals surface area contributed by atoms with Gasteiger partial charge in [-0.15, -0.1) is 0 Å². The smallest absolute Gasteiger partial charge is 0.407 e. The van der Waals surface area contributed by atoms with E-state index in [0.717, 1.165) is 0 Å². The lowest BCUT2D eigenvalue weighted by Crippen LogP contribution is -2.26. The molecule has 0 aromatic heterocycles. The Labute approximate surface area is 174 Å². The van der Waals surface area contributed by atoms with E-state index in [1.165, 1.54) is 22.3 Å². The summed E-state index contributed by atoms with van der Waals surface area (Å²) >= 11 is 0. The first-order chi connectivity index (χ1) is 14.6. The number of carbonyl (C=O) groups excluding carboxylic acids is 2. The second kappa shape index (κ2) is 8.54. The number of nitrogens with two attached hydrogens (primary N) is 1. The third-order valence-corrected chi connectivity index (χ3v) is 5.04. The van der Waals surface area contributed by atoms with Crippen LogP contribution in [0.15, 0.2) is 72.8 Å². The van der Waals surface area contributed by atoms with Gasteiger partial charge in [-0.05, 0) is 40.5 Å². The summed E-state index contributed by atoms with van der Waals surface area (Å²) in [5.41, 5.74) is 11.0. The minimum Gasteiger partial charge on any atom is -0.449 e. The Balaban J connectivity index is 1.34. The fourth-order valence-electron chi connectivity index (χ4n) is 3.66. The van der Waals surface area contributed by atoms with Crippen LogP contribution >= 0.6 is 0 Å². The Morgan fingerprint density at radius 3 is 2.27 bits per heavy atom. The first-order valence-electron chi connectivity index (χ1n) is 9.61. The number of carbonyl (C=O) groups is 2. The number of amides is 2. The Kier molecular flexibility index (Phi) is 5.49. The Morgan fingerprint density at radius 1 is 0.933 bits per heavy atom. The number of ether oxygens (including phenoxy) is 1. The molecule has 1 aliphatic rings. The molecule has 0 unspecified atom stereocenters. The minimum atomic E-state index is -0.517. The van der Waals surface area contributed by atoms with Crippen LogP contribution in [0.5, 0.6) is 0 Å². The summed E-state index contributed by atoms with van der Waals surface area (Å²) in [7, 11) is 0. The standard InChI is InChI=1S/C25H20N2O3/c26-24(28)18-9-5-7-17(15-18)8-6-14-27-25(29)30-16-23-21-12-3-1-10-19(21)20-11-2-4-13-22(20)23/h1-5,7,9-13,15,23H,14,16H2,(H2,26,28)(H,27,29). The molecule has 30 heavy (non-hydrogen) atoms. The predicted molar refractivity (Wildman–Crippen MR) is 115 cm³/mol. The van der Waals surface area contributed by atoms with Crippen molar-refractivity contribution in [1.82, 2.24) is 5.32 Å². The quantitative estimate of drug-likeness (QED) is 0.660. The van der Waals surface area contributed by atoms with Crippen molar-refractivity contribution in [3.05, 3.63) is 95.1 Å². The van der Waals surface area contributed by atoms with Gasteiger partial charge in [0.2, 0.25) is 5.91 Å². The normalized spacial score (nSPS) is 11.6. The summed E-state index contributed by atoms with van der Waals surface area (Å²) in [4.78, 5) is 23.3. The molecule has 3 N–H and O–H groups in total. The van der Waals surface area contributed by atoms with Gasteiger partial charge in [-0.1, -0.05) is 66.4 Å². The molecular weight excluding hydrogens is 376 g/mol. The first-order valence-corrected chi connectivity index (χ1v) is 9.61. The second-order valence-corrected chi connectivity index (χ2v) is 6.93. The monoisotopic (exact) mass is 396 g/mol. The van der Waals surface area contributed by atoms with Crippen LogP contribution in [-0.2, 0) is 4.74 Å². The van der Waals surface area contributed by atoms with Crippen LogP contribution in [0, 0.1) is 11.8 Å². The van der Waals surface area contributed by atoms with Crippen molar-refractivity contribution in [3.63, 3.8) is 0 Å². The van der Waals surface area contributed by atoms with Crippen molar-refractivity contribution < 1.29 is 14.3 Å². The summed E-state index contributed by atoms with van der Waals surface area (Å²) < 4.78 is 5.46. The van der Waals surface area contributed by atoms with Crippen molar-refractivity contribution in [1.29, 1.82) is 0 Å². The molecule has 2 amide bonds. The first kappa shape index (κ1) is 19.3. The molecule has 3 aromatic rings. The fraction of sp³-hybridized carbons (Fsp3) is 0.120. The molecule has 0 spiro atoms. The SMILES string of the molecule is NC(=O)c1cccc(C#CCNC(=O)OCC2c3ccccc3-c3ccccc32)c1. The number of hydrogen-bond acceptors (Lipinski definition) is 3. The highest BCUT2D eigenvalue weighted by atomic mass is 16.5. The lowest BCUT2D eigenvalue weighted by Gasteiger charge is -2.14. The fourth-order valence-corrected chi connectivity index (χ4v) is 3.66. The van der Waals surface area contributed by atoms with Crippen molar-refractivity contribution in [3.8, 4) is 23.0 Å². The highest BCUT2D eigenvalue weighted by Gasteiger charge is 2.28. The van der Waals surface area contributed by atoms with Crippen LogP contribution in [0.1, 0.15) is 33.0 Å². The zero-order valence-electron chi connectivity index (χ0n) is 16.2. The molecule has 0 heterocycles. The summed E-state index contributed by atoms with van der Waals surface area (Å²) in [5, 5.41) is 2.64. The van der Waals surface area contributed by atoms with E-state index in [1.54, 1.807) is 24.3 Å². The largest absolute Gasteiger partial charge is 0.449 e. The lowest BCUT2D eigenvalue weighted by atomic mass is 9.98. The van der Waals surface area contributed by atoms with Crippen LogP contribution in [-0.4, -0.2) is 25.2 Å². The molecule has 0 aliphatic heterocycles. The molecule has 3 aromatic carbocycles. The van der Waals surface area contributed by atoms with Gasteiger partial charge in [-0.3, -0.25) is 4.79 Å². The molecule has 148 valence electrons. The van der Waals surface area contributed by atoms with Gasteiger partial charge in [0.15, 0.2) is 0 Å². The highest BCUT2D eigenvalue weighted by Crippen LogP contribution is 2.44. The van der Waals surface area contributed by atoms with Gasteiger partial charge in [0.05, 0.1) is 6.54 Å². The van der Waals surface area contributed by atoms with E-state index in [2.05, 4.69) is 41.4 Å². The van der Waals surface area contributed by atoms with Crippen molar-refractivity contribution >= 4 is 12.0 Å². The molecule has 0 fully saturated rings. The molecule has 1 aliphatic carbocycles. The molecule has 0 saturated carbocycles. The maximum atomic E-state index is 12.1. The Hall–Kier alpha value is -4.04. The molecule has 0 radical (unpaired) electrons. The molecule has 0 saturated heterocycles. The molecule has 5 nitrogen and oxygen atoms in total. The summed E-state index contributed by atoms with van der Waals surface area (Å²) in [6.45, 7) is 0.394. The highest BCUT2D eigenvalue weighted by molar-refractivity contribution is 5.93. The number of fused-ring (bicyclic) bond motifs is 3. The van der Waals surface area contributed by atoms with E-state index < -0.39 is 12.0 Å². The maximum absolute atomic E-state index is 12.1. The van der Waals surface area contributed by atoms with E-state index in [-0.39, 0.29) is 19.1 Å². The third kappa shape index (κ3) is 4.03. The van der Waals surface area contributed by atoms with Crippen LogP contribution in [0.2, 0.25) is 0 Å². The number of hydrogen-bond donors (Lipinski definition) is 2. The molecule has 5 heteroatoms. The van der Waals surface area contributed by atoms with E-state index in [4.69, 9.17) is 10.5 Å². The van der Waals surface area contributed by atoms with Gasteiger partial charge in [0.1, 0.15) is 6.61 Å².